The Morgan fingerprint density at radius 2 is 1.44 bits per heavy atom. The van der Waals surface area contributed by atoms with Crippen molar-refractivity contribution in [2.45, 2.75) is 64.6 Å². The topological polar surface area (TPSA) is 9.23 Å². The summed E-state index contributed by atoms with van der Waals surface area (Å²) in [7, 11) is -1.66. The van der Waals surface area contributed by atoms with Crippen LogP contribution in [0, 0.1) is 0 Å². The van der Waals surface area contributed by atoms with Gasteiger partial charge in [-0.2, -0.15) is 0 Å². The van der Waals surface area contributed by atoms with Gasteiger partial charge in [-0.3, -0.25) is 0 Å². The minimum atomic E-state index is -1.66. The summed E-state index contributed by atoms with van der Waals surface area (Å²) >= 11 is 3.39. The molecule has 0 spiro atoms. The fourth-order valence-corrected chi connectivity index (χ4v) is 8.46. The monoisotopic (exact) mass is 306 g/mol. The van der Waals surface area contributed by atoms with Gasteiger partial charge in [-0.05, 0) is 21.1 Å². The van der Waals surface area contributed by atoms with Crippen LogP contribution in [-0.2, 0) is 4.43 Å². The molecule has 3 heteroatoms. The van der Waals surface area contributed by atoms with Crippen LogP contribution in [0.5, 0.6) is 0 Å². The van der Waals surface area contributed by atoms with Crippen molar-refractivity contribution in [3.8, 4) is 0 Å². The van der Waals surface area contributed by atoms with Gasteiger partial charge >= 0.3 is 0 Å². The summed E-state index contributed by atoms with van der Waals surface area (Å²) < 4.78 is 7.41. The summed E-state index contributed by atoms with van der Waals surface area (Å²) in [4.78, 5) is 0. The first kappa shape index (κ1) is 16.4. The molecule has 0 N–H and O–H groups in total. The molecule has 0 amide bonds. The molecule has 0 atom stereocenters. The van der Waals surface area contributed by atoms with Crippen molar-refractivity contribution in [2.75, 3.05) is 6.61 Å². The van der Waals surface area contributed by atoms with Crippen molar-refractivity contribution >= 4 is 24.2 Å². The molecule has 0 aliphatic carbocycles. The third-order valence-corrected chi connectivity index (χ3v) is 9.95. The van der Waals surface area contributed by atoms with Gasteiger partial charge in [0, 0.05) is 13.0 Å². The molecule has 0 radical (unpaired) electrons. The van der Waals surface area contributed by atoms with E-state index in [1.807, 2.05) is 0 Å². The van der Waals surface area contributed by atoms with E-state index >= 15 is 0 Å². The zero-order valence-electron chi connectivity index (χ0n) is 11.6. The van der Waals surface area contributed by atoms with Crippen LogP contribution >= 0.6 is 15.9 Å². The number of rotatable bonds is 7. The highest BCUT2D eigenvalue weighted by atomic mass is 79.9. The van der Waals surface area contributed by atoms with Gasteiger partial charge in [0.1, 0.15) is 0 Å². The molecule has 0 fully saturated rings. The van der Waals surface area contributed by atoms with E-state index in [-0.39, 0.29) is 0 Å². The zero-order chi connectivity index (χ0) is 12.9. The number of hydrogen-bond donors (Lipinski definition) is 0. The molecule has 0 aromatic carbocycles. The van der Waals surface area contributed by atoms with Gasteiger partial charge < -0.3 is 4.43 Å². The molecular weight excluding hydrogens is 280 g/mol. The maximum Gasteiger partial charge on any atom is 0.200 e. The van der Waals surface area contributed by atoms with Gasteiger partial charge in [-0.15, -0.1) is 0 Å². The van der Waals surface area contributed by atoms with E-state index in [1.54, 1.807) is 0 Å². The highest BCUT2D eigenvalue weighted by Gasteiger charge is 2.44. The van der Waals surface area contributed by atoms with E-state index in [0.717, 1.165) is 17.5 Å². The standard InChI is InChI=1S/C13H27BrOSi/c1-10(2)16(11(3)4,12(5)6)15-9-8-13(7)14/h10-12H,7-9H2,1-6H3. The Bertz CT molecular complexity index is 202. The average Bonchev–Trinajstić information content (AvgIpc) is 2.09. The van der Waals surface area contributed by atoms with Gasteiger partial charge in [0.15, 0.2) is 8.32 Å². The lowest BCUT2D eigenvalue weighted by atomic mass is 10.5. The van der Waals surface area contributed by atoms with Crippen molar-refractivity contribution in [1.82, 2.24) is 0 Å². The van der Waals surface area contributed by atoms with E-state index in [4.69, 9.17) is 4.43 Å². The molecule has 0 saturated carbocycles. The minimum absolute atomic E-state index is 0.663. The molecular formula is C13H27BrOSi. The second-order valence-electron chi connectivity index (χ2n) is 5.43. The Morgan fingerprint density at radius 1 is 1.06 bits per heavy atom. The van der Waals surface area contributed by atoms with E-state index < -0.39 is 8.32 Å². The third-order valence-electron chi connectivity index (χ3n) is 3.43. The summed E-state index contributed by atoms with van der Waals surface area (Å²) in [5, 5.41) is 0. The highest BCUT2D eigenvalue weighted by molar-refractivity contribution is 9.11. The van der Waals surface area contributed by atoms with Gasteiger partial charge in [0.05, 0.1) is 0 Å². The van der Waals surface area contributed by atoms with Crippen LogP contribution < -0.4 is 0 Å². The second-order valence-corrected chi connectivity index (χ2v) is 12.0. The summed E-state index contributed by atoms with van der Waals surface area (Å²) in [5.74, 6) is 0. The summed E-state index contributed by atoms with van der Waals surface area (Å²) in [5.41, 5.74) is 1.99. The smallest absolute Gasteiger partial charge is 0.200 e. The van der Waals surface area contributed by atoms with Crippen LogP contribution in [0.3, 0.4) is 0 Å². The molecule has 0 aromatic heterocycles. The third kappa shape index (κ3) is 4.01. The average molecular weight is 307 g/mol. The Labute approximate surface area is 111 Å². The Kier molecular flexibility index (Phi) is 7.14. The van der Waals surface area contributed by atoms with Crippen LogP contribution in [0.15, 0.2) is 11.1 Å². The maximum atomic E-state index is 6.37. The molecule has 96 valence electrons. The number of hydrogen-bond acceptors (Lipinski definition) is 1. The molecule has 0 heterocycles. The minimum Gasteiger partial charge on any atom is -0.416 e. The quantitative estimate of drug-likeness (QED) is 0.566. The molecule has 0 unspecified atom stereocenters. The lowest BCUT2D eigenvalue weighted by molar-refractivity contribution is 0.283. The van der Waals surface area contributed by atoms with Crippen molar-refractivity contribution in [2.24, 2.45) is 0 Å². The summed E-state index contributed by atoms with van der Waals surface area (Å²) in [6, 6.07) is 0. The van der Waals surface area contributed by atoms with Crippen LogP contribution in [-0.4, -0.2) is 14.9 Å². The van der Waals surface area contributed by atoms with Crippen molar-refractivity contribution < 1.29 is 4.43 Å². The van der Waals surface area contributed by atoms with E-state index in [0.29, 0.717) is 16.6 Å². The number of halogens is 1. The van der Waals surface area contributed by atoms with Crippen molar-refractivity contribution in [3.63, 3.8) is 0 Å². The van der Waals surface area contributed by atoms with E-state index in [1.165, 1.54) is 0 Å². The van der Waals surface area contributed by atoms with Gasteiger partial charge in [-0.1, -0.05) is 64.1 Å². The molecule has 0 aliphatic rings. The van der Waals surface area contributed by atoms with Crippen LogP contribution in [0.25, 0.3) is 0 Å². The van der Waals surface area contributed by atoms with Crippen LogP contribution in [0.4, 0.5) is 0 Å². The fraction of sp³-hybridized carbons (Fsp3) is 0.846. The molecule has 0 aliphatic heterocycles. The Balaban J connectivity index is 4.70. The highest BCUT2D eigenvalue weighted by Crippen LogP contribution is 2.42. The molecule has 0 rings (SSSR count). The largest absolute Gasteiger partial charge is 0.416 e. The van der Waals surface area contributed by atoms with E-state index in [2.05, 4.69) is 64.1 Å². The van der Waals surface area contributed by atoms with Gasteiger partial charge in [0.25, 0.3) is 0 Å². The van der Waals surface area contributed by atoms with Crippen LogP contribution in [0.2, 0.25) is 16.6 Å². The molecule has 0 bridgehead atoms. The van der Waals surface area contributed by atoms with E-state index in [9.17, 15) is 0 Å². The van der Waals surface area contributed by atoms with Crippen molar-refractivity contribution in [3.05, 3.63) is 11.1 Å². The first-order chi connectivity index (χ1) is 7.25. The lowest BCUT2D eigenvalue weighted by Gasteiger charge is -2.42. The molecule has 16 heavy (non-hydrogen) atoms. The SMILES string of the molecule is C=C(Br)CCO[Si](C(C)C)(C(C)C)C(C)C. The predicted molar refractivity (Wildman–Crippen MR) is 79.7 cm³/mol. The Hall–Kier alpha value is 0.397. The lowest BCUT2D eigenvalue weighted by Crippen LogP contribution is -2.47. The first-order valence-electron chi connectivity index (χ1n) is 6.22. The zero-order valence-corrected chi connectivity index (χ0v) is 14.2. The normalized spacial score (nSPS) is 12.9. The second kappa shape index (κ2) is 6.97. The summed E-state index contributed by atoms with van der Waals surface area (Å²) in [6.07, 6.45) is 0.918. The Morgan fingerprint density at radius 3 is 1.69 bits per heavy atom. The summed E-state index contributed by atoms with van der Waals surface area (Å²) in [6.45, 7) is 18.6. The van der Waals surface area contributed by atoms with Gasteiger partial charge in [0.2, 0.25) is 0 Å². The predicted octanol–water partition coefficient (Wildman–Crippen LogP) is 5.48. The maximum absolute atomic E-state index is 6.37. The molecule has 0 saturated heterocycles. The van der Waals surface area contributed by atoms with Crippen LogP contribution in [0.1, 0.15) is 48.0 Å². The molecule has 0 aromatic rings. The van der Waals surface area contributed by atoms with Crippen molar-refractivity contribution in [1.29, 1.82) is 0 Å². The van der Waals surface area contributed by atoms with Gasteiger partial charge in [-0.25, -0.2) is 0 Å². The fourth-order valence-electron chi connectivity index (χ4n) is 2.84. The first-order valence-corrected chi connectivity index (χ1v) is 9.15. The molecule has 1 nitrogen and oxygen atoms in total.